The molecule has 19 heavy (non-hydrogen) atoms. The molecule has 4 heteroatoms. The Morgan fingerprint density at radius 1 is 1.05 bits per heavy atom. The van der Waals surface area contributed by atoms with Crippen LogP contribution in [-0.2, 0) is 0 Å². The maximum atomic E-state index is 13.7. The number of phenols is 1. The summed E-state index contributed by atoms with van der Waals surface area (Å²) in [6.45, 7) is 3.59. The second-order valence-corrected chi connectivity index (χ2v) is 4.56. The third kappa shape index (κ3) is 3.02. The van der Waals surface area contributed by atoms with Crippen molar-refractivity contribution in [2.75, 3.05) is 5.32 Å². The number of benzene rings is 2. The molecule has 2 aromatic carbocycles. The zero-order valence-corrected chi connectivity index (χ0v) is 10.7. The summed E-state index contributed by atoms with van der Waals surface area (Å²) in [5, 5.41) is 12.1. The molecular weight excluding hydrogens is 248 g/mol. The summed E-state index contributed by atoms with van der Waals surface area (Å²) in [5.41, 5.74) is 1.63. The zero-order valence-electron chi connectivity index (χ0n) is 10.7. The van der Waals surface area contributed by atoms with Gasteiger partial charge in [0.05, 0.1) is 11.7 Å². The maximum absolute atomic E-state index is 13.7. The molecule has 0 spiro atoms. The van der Waals surface area contributed by atoms with Crippen molar-refractivity contribution in [2.24, 2.45) is 0 Å². The Labute approximate surface area is 110 Å². The first-order valence-corrected chi connectivity index (χ1v) is 5.98. The second kappa shape index (κ2) is 5.26. The number of hydrogen-bond acceptors (Lipinski definition) is 2. The van der Waals surface area contributed by atoms with Crippen LogP contribution in [0.2, 0.25) is 0 Å². The van der Waals surface area contributed by atoms with Crippen LogP contribution < -0.4 is 5.32 Å². The summed E-state index contributed by atoms with van der Waals surface area (Å²) in [7, 11) is 0. The number of halogens is 2. The first-order valence-electron chi connectivity index (χ1n) is 5.98. The summed E-state index contributed by atoms with van der Waals surface area (Å²) in [6, 6.07) is 8.24. The van der Waals surface area contributed by atoms with E-state index in [1.54, 1.807) is 19.1 Å². The van der Waals surface area contributed by atoms with Gasteiger partial charge < -0.3 is 10.4 Å². The van der Waals surface area contributed by atoms with Crippen molar-refractivity contribution in [2.45, 2.75) is 19.9 Å². The fourth-order valence-electron chi connectivity index (χ4n) is 1.93. The van der Waals surface area contributed by atoms with Crippen molar-refractivity contribution >= 4 is 5.69 Å². The number of anilines is 1. The molecular formula is C15H15F2NO. The topological polar surface area (TPSA) is 32.3 Å². The molecule has 1 unspecified atom stereocenters. The van der Waals surface area contributed by atoms with E-state index in [-0.39, 0.29) is 11.6 Å². The van der Waals surface area contributed by atoms with Gasteiger partial charge in [-0.1, -0.05) is 12.1 Å². The molecule has 0 radical (unpaired) electrons. The van der Waals surface area contributed by atoms with Crippen LogP contribution in [0.1, 0.15) is 24.1 Å². The highest BCUT2D eigenvalue weighted by molar-refractivity contribution is 5.49. The minimum absolute atomic E-state index is 0.129. The molecule has 2 N–H and O–H groups in total. The predicted octanol–water partition coefficient (Wildman–Crippen LogP) is 4.15. The van der Waals surface area contributed by atoms with Crippen molar-refractivity contribution in [3.05, 3.63) is 59.2 Å². The standard InChI is InChI=1S/C15H15F2NO/c1-9-3-6-13(16)15(7-9)18-10(2)12-5-4-11(19)8-14(12)17/h3-8,10,18-19H,1-2H3. The largest absolute Gasteiger partial charge is 0.508 e. The zero-order chi connectivity index (χ0) is 14.0. The van der Waals surface area contributed by atoms with Crippen molar-refractivity contribution < 1.29 is 13.9 Å². The molecule has 0 aromatic heterocycles. The van der Waals surface area contributed by atoms with E-state index in [0.29, 0.717) is 11.3 Å². The molecule has 0 amide bonds. The van der Waals surface area contributed by atoms with Gasteiger partial charge in [-0.05, 0) is 37.6 Å². The Balaban J connectivity index is 2.25. The Kier molecular flexibility index (Phi) is 3.69. The second-order valence-electron chi connectivity index (χ2n) is 4.56. The number of hydrogen-bond donors (Lipinski definition) is 2. The van der Waals surface area contributed by atoms with E-state index in [0.717, 1.165) is 11.6 Å². The first kappa shape index (κ1) is 13.3. The van der Waals surface area contributed by atoms with Gasteiger partial charge in [0.25, 0.3) is 0 Å². The van der Waals surface area contributed by atoms with E-state index < -0.39 is 11.9 Å². The van der Waals surface area contributed by atoms with Gasteiger partial charge in [0, 0.05) is 11.6 Å². The molecule has 0 saturated carbocycles. The van der Waals surface area contributed by atoms with Crippen LogP contribution in [0.5, 0.6) is 5.75 Å². The number of nitrogens with one attached hydrogen (secondary N) is 1. The van der Waals surface area contributed by atoms with Crippen molar-refractivity contribution in [1.29, 1.82) is 0 Å². The monoisotopic (exact) mass is 263 g/mol. The van der Waals surface area contributed by atoms with Gasteiger partial charge >= 0.3 is 0 Å². The molecule has 0 bridgehead atoms. The number of phenolic OH excluding ortho intramolecular Hbond substituents is 1. The third-order valence-corrected chi connectivity index (χ3v) is 2.94. The highest BCUT2D eigenvalue weighted by Crippen LogP contribution is 2.26. The number of rotatable bonds is 3. The van der Waals surface area contributed by atoms with Crippen LogP contribution in [0.3, 0.4) is 0 Å². The van der Waals surface area contributed by atoms with Crippen LogP contribution in [-0.4, -0.2) is 5.11 Å². The molecule has 0 aliphatic carbocycles. The fraction of sp³-hybridized carbons (Fsp3) is 0.200. The number of aryl methyl sites for hydroxylation is 1. The SMILES string of the molecule is Cc1ccc(F)c(NC(C)c2ccc(O)cc2F)c1. The summed E-state index contributed by atoms with van der Waals surface area (Å²) in [5.74, 6) is -1.03. The molecule has 0 heterocycles. The van der Waals surface area contributed by atoms with Gasteiger partial charge in [0.1, 0.15) is 17.4 Å². The summed E-state index contributed by atoms with van der Waals surface area (Å²) in [4.78, 5) is 0. The Bertz CT molecular complexity index is 599. The Morgan fingerprint density at radius 2 is 1.79 bits per heavy atom. The van der Waals surface area contributed by atoms with Gasteiger partial charge in [-0.3, -0.25) is 0 Å². The Hall–Kier alpha value is -2.10. The van der Waals surface area contributed by atoms with Crippen molar-refractivity contribution in [3.63, 3.8) is 0 Å². The van der Waals surface area contributed by atoms with E-state index >= 15 is 0 Å². The molecule has 0 saturated heterocycles. The lowest BCUT2D eigenvalue weighted by molar-refractivity contribution is 0.467. The fourth-order valence-corrected chi connectivity index (χ4v) is 1.93. The molecule has 0 aliphatic rings. The lowest BCUT2D eigenvalue weighted by atomic mass is 10.1. The average molecular weight is 263 g/mol. The normalized spacial score (nSPS) is 12.2. The van der Waals surface area contributed by atoms with Crippen molar-refractivity contribution in [3.8, 4) is 5.75 Å². The maximum Gasteiger partial charge on any atom is 0.146 e. The minimum atomic E-state index is -0.520. The molecule has 2 nitrogen and oxygen atoms in total. The van der Waals surface area contributed by atoms with Crippen molar-refractivity contribution in [1.82, 2.24) is 0 Å². The van der Waals surface area contributed by atoms with Crippen LogP contribution in [0.4, 0.5) is 14.5 Å². The van der Waals surface area contributed by atoms with Gasteiger partial charge in [-0.25, -0.2) is 8.78 Å². The van der Waals surface area contributed by atoms with Crippen LogP contribution in [0, 0.1) is 18.6 Å². The smallest absolute Gasteiger partial charge is 0.146 e. The lowest BCUT2D eigenvalue weighted by Gasteiger charge is -2.17. The van der Waals surface area contributed by atoms with E-state index in [1.165, 1.54) is 18.2 Å². The van der Waals surface area contributed by atoms with E-state index in [4.69, 9.17) is 5.11 Å². The molecule has 0 fully saturated rings. The Morgan fingerprint density at radius 3 is 2.47 bits per heavy atom. The van der Waals surface area contributed by atoms with Crippen LogP contribution >= 0.6 is 0 Å². The molecule has 2 aromatic rings. The summed E-state index contributed by atoms with van der Waals surface area (Å²) >= 11 is 0. The van der Waals surface area contributed by atoms with E-state index in [2.05, 4.69) is 5.32 Å². The highest BCUT2D eigenvalue weighted by Gasteiger charge is 2.13. The predicted molar refractivity (Wildman–Crippen MR) is 71.2 cm³/mol. The quantitative estimate of drug-likeness (QED) is 0.871. The van der Waals surface area contributed by atoms with Gasteiger partial charge in [-0.15, -0.1) is 0 Å². The van der Waals surface area contributed by atoms with E-state index in [1.807, 2.05) is 6.92 Å². The summed E-state index contributed by atoms with van der Waals surface area (Å²) < 4.78 is 27.3. The third-order valence-electron chi connectivity index (χ3n) is 2.94. The molecule has 0 aliphatic heterocycles. The summed E-state index contributed by atoms with van der Waals surface area (Å²) in [6.07, 6.45) is 0. The number of aromatic hydroxyl groups is 1. The van der Waals surface area contributed by atoms with E-state index in [9.17, 15) is 8.78 Å². The van der Waals surface area contributed by atoms with Crippen LogP contribution in [0.15, 0.2) is 36.4 Å². The van der Waals surface area contributed by atoms with Gasteiger partial charge in [0.15, 0.2) is 0 Å². The lowest BCUT2D eigenvalue weighted by Crippen LogP contribution is -2.09. The first-order chi connectivity index (χ1) is 8.97. The molecule has 100 valence electrons. The molecule has 1 atom stereocenters. The average Bonchev–Trinajstić information content (AvgIpc) is 2.33. The van der Waals surface area contributed by atoms with Gasteiger partial charge in [0.2, 0.25) is 0 Å². The highest BCUT2D eigenvalue weighted by atomic mass is 19.1. The molecule has 2 rings (SSSR count). The van der Waals surface area contributed by atoms with Crippen LogP contribution in [0.25, 0.3) is 0 Å². The van der Waals surface area contributed by atoms with Gasteiger partial charge in [-0.2, -0.15) is 0 Å². The minimum Gasteiger partial charge on any atom is -0.508 e.